The lowest BCUT2D eigenvalue weighted by Gasteiger charge is -2.36. The van der Waals surface area contributed by atoms with Gasteiger partial charge in [0.2, 0.25) is 0 Å². The van der Waals surface area contributed by atoms with E-state index in [9.17, 15) is 0 Å². The smallest absolute Gasteiger partial charge is 0.171 e. The highest BCUT2D eigenvalue weighted by Gasteiger charge is 2.29. The largest absolute Gasteiger partial charge is 0.490 e. The summed E-state index contributed by atoms with van der Waals surface area (Å²) in [6, 6.07) is 2.70. The first kappa shape index (κ1) is 14.1. The van der Waals surface area contributed by atoms with Crippen molar-refractivity contribution in [3.63, 3.8) is 0 Å². The molecule has 1 aromatic rings. The lowest BCUT2D eigenvalue weighted by atomic mass is 10.1. The molecule has 120 valence electrons. The molecule has 0 radical (unpaired) electrons. The molecule has 6 heteroatoms. The minimum Gasteiger partial charge on any atom is -0.490 e. The molecule has 1 atom stereocenters. The highest BCUT2D eigenvalue weighted by atomic mass is 16.5. The molecular formula is C16H25N5O. The molecule has 0 saturated carbocycles. The van der Waals surface area contributed by atoms with Gasteiger partial charge in [-0.2, -0.15) is 0 Å². The summed E-state index contributed by atoms with van der Waals surface area (Å²) in [4.78, 5) is 12.0. The van der Waals surface area contributed by atoms with Crippen molar-refractivity contribution in [2.45, 2.75) is 12.5 Å². The third-order valence-corrected chi connectivity index (χ3v) is 5.02. The number of nitrogens with one attached hydrogen (secondary N) is 1. The molecule has 2 fully saturated rings. The van der Waals surface area contributed by atoms with Crippen LogP contribution in [-0.4, -0.2) is 75.4 Å². The maximum atomic E-state index is 6.02. The van der Waals surface area contributed by atoms with Crippen LogP contribution in [-0.2, 0) is 0 Å². The van der Waals surface area contributed by atoms with E-state index in [2.05, 4.69) is 33.1 Å². The van der Waals surface area contributed by atoms with Crippen LogP contribution in [0.25, 0.3) is 0 Å². The van der Waals surface area contributed by atoms with Crippen LogP contribution in [0.3, 0.4) is 0 Å². The Hall–Kier alpha value is -1.53. The lowest BCUT2D eigenvalue weighted by molar-refractivity contribution is 0.302. The average Bonchev–Trinajstić information content (AvgIpc) is 2.74. The van der Waals surface area contributed by atoms with Crippen LogP contribution >= 0.6 is 0 Å². The zero-order valence-electron chi connectivity index (χ0n) is 13.3. The van der Waals surface area contributed by atoms with Gasteiger partial charge in [0.05, 0.1) is 18.5 Å². The monoisotopic (exact) mass is 303 g/mol. The number of hydrogen-bond donors (Lipinski definition) is 1. The molecule has 0 amide bonds. The maximum Gasteiger partial charge on any atom is 0.171 e. The van der Waals surface area contributed by atoms with Gasteiger partial charge in [-0.05, 0) is 7.05 Å². The SMILES string of the molecule is CN1CCN(c2cnc3c(c2)OCCC2CNCCN32)CC1. The highest BCUT2D eigenvalue weighted by molar-refractivity contribution is 5.61. The minimum atomic E-state index is 0.511. The fourth-order valence-electron chi connectivity index (χ4n) is 3.59. The average molecular weight is 303 g/mol. The van der Waals surface area contributed by atoms with E-state index in [-0.39, 0.29) is 0 Å². The molecule has 0 spiro atoms. The number of likely N-dealkylation sites (N-methyl/N-ethyl adjacent to an activating group) is 1. The Morgan fingerprint density at radius 1 is 1.23 bits per heavy atom. The number of ether oxygens (including phenoxy) is 1. The number of rotatable bonds is 1. The Kier molecular flexibility index (Phi) is 3.80. The standard InChI is InChI=1S/C16H25N5O/c1-19-5-7-20(8-6-19)14-10-15-16(18-12-14)21-4-3-17-11-13(21)2-9-22-15/h10,12-13,17H,2-9,11H2,1H3. The molecule has 0 aliphatic carbocycles. The highest BCUT2D eigenvalue weighted by Crippen LogP contribution is 2.34. The first-order chi connectivity index (χ1) is 10.8. The summed E-state index contributed by atoms with van der Waals surface area (Å²) in [5, 5.41) is 3.47. The van der Waals surface area contributed by atoms with E-state index >= 15 is 0 Å². The van der Waals surface area contributed by atoms with Gasteiger partial charge in [-0.15, -0.1) is 0 Å². The summed E-state index contributed by atoms with van der Waals surface area (Å²) >= 11 is 0. The summed E-state index contributed by atoms with van der Waals surface area (Å²) in [5.41, 5.74) is 1.19. The van der Waals surface area contributed by atoms with Gasteiger partial charge in [0, 0.05) is 64.3 Å². The van der Waals surface area contributed by atoms with Crippen molar-refractivity contribution >= 4 is 11.5 Å². The first-order valence-corrected chi connectivity index (χ1v) is 8.35. The molecule has 1 aromatic heterocycles. The Labute approximate surface area is 132 Å². The van der Waals surface area contributed by atoms with E-state index in [0.717, 1.165) is 70.4 Å². The third kappa shape index (κ3) is 2.61. The second-order valence-electron chi connectivity index (χ2n) is 6.49. The summed E-state index contributed by atoms with van der Waals surface area (Å²) in [6.45, 7) is 8.20. The molecule has 0 aromatic carbocycles. The van der Waals surface area contributed by atoms with E-state index in [1.165, 1.54) is 5.69 Å². The summed E-state index contributed by atoms with van der Waals surface area (Å²) in [5.74, 6) is 1.99. The van der Waals surface area contributed by atoms with E-state index in [1.54, 1.807) is 0 Å². The third-order valence-electron chi connectivity index (χ3n) is 5.02. The molecule has 4 rings (SSSR count). The van der Waals surface area contributed by atoms with Gasteiger partial charge in [0.25, 0.3) is 0 Å². The maximum absolute atomic E-state index is 6.02. The molecule has 3 aliphatic rings. The number of pyridine rings is 1. The molecule has 0 bridgehead atoms. The van der Waals surface area contributed by atoms with Crippen LogP contribution in [0.4, 0.5) is 11.5 Å². The summed E-state index contributed by atoms with van der Waals surface area (Å²) in [7, 11) is 2.18. The summed E-state index contributed by atoms with van der Waals surface area (Å²) < 4.78 is 6.02. The zero-order chi connectivity index (χ0) is 14.9. The molecule has 4 heterocycles. The molecule has 1 unspecified atom stereocenters. The molecule has 2 saturated heterocycles. The predicted octanol–water partition coefficient (Wildman–Crippen LogP) is 0.394. The van der Waals surface area contributed by atoms with Crippen molar-refractivity contribution < 1.29 is 4.74 Å². The number of hydrogen-bond acceptors (Lipinski definition) is 6. The van der Waals surface area contributed by atoms with Gasteiger partial charge < -0.3 is 24.8 Å². The topological polar surface area (TPSA) is 43.9 Å². The minimum absolute atomic E-state index is 0.511. The van der Waals surface area contributed by atoms with Gasteiger partial charge in [-0.1, -0.05) is 0 Å². The molecule has 6 nitrogen and oxygen atoms in total. The van der Waals surface area contributed by atoms with Crippen LogP contribution in [0.2, 0.25) is 0 Å². The van der Waals surface area contributed by atoms with Crippen LogP contribution in [0.15, 0.2) is 12.3 Å². The molecule has 3 aliphatic heterocycles. The Morgan fingerprint density at radius 2 is 2.09 bits per heavy atom. The fraction of sp³-hybridized carbons (Fsp3) is 0.688. The van der Waals surface area contributed by atoms with Crippen LogP contribution < -0.4 is 19.9 Å². The van der Waals surface area contributed by atoms with Crippen molar-refractivity contribution in [2.75, 3.05) is 69.3 Å². The van der Waals surface area contributed by atoms with Crippen molar-refractivity contribution in [2.24, 2.45) is 0 Å². The lowest BCUT2D eigenvalue weighted by Crippen LogP contribution is -2.51. The van der Waals surface area contributed by atoms with Gasteiger partial charge >= 0.3 is 0 Å². The van der Waals surface area contributed by atoms with Gasteiger partial charge in [0.15, 0.2) is 11.6 Å². The second-order valence-corrected chi connectivity index (χ2v) is 6.49. The Morgan fingerprint density at radius 3 is 2.95 bits per heavy atom. The van der Waals surface area contributed by atoms with E-state index in [4.69, 9.17) is 9.72 Å². The van der Waals surface area contributed by atoms with E-state index in [0.29, 0.717) is 6.04 Å². The Bertz CT molecular complexity index is 529. The predicted molar refractivity (Wildman–Crippen MR) is 88.1 cm³/mol. The number of piperazine rings is 2. The van der Waals surface area contributed by atoms with Crippen LogP contribution in [0, 0.1) is 0 Å². The zero-order valence-corrected chi connectivity index (χ0v) is 13.3. The molecular weight excluding hydrogens is 278 g/mol. The normalized spacial score (nSPS) is 26.0. The number of nitrogens with zero attached hydrogens (tertiary/aromatic N) is 4. The van der Waals surface area contributed by atoms with Crippen molar-refractivity contribution in [1.82, 2.24) is 15.2 Å². The number of aromatic nitrogens is 1. The fourth-order valence-corrected chi connectivity index (χ4v) is 3.59. The van der Waals surface area contributed by atoms with E-state index in [1.807, 2.05) is 6.20 Å². The number of anilines is 2. The van der Waals surface area contributed by atoms with Crippen molar-refractivity contribution in [3.05, 3.63) is 12.3 Å². The van der Waals surface area contributed by atoms with Crippen LogP contribution in [0.5, 0.6) is 5.75 Å². The van der Waals surface area contributed by atoms with Gasteiger partial charge in [-0.3, -0.25) is 0 Å². The second kappa shape index (κ2) is 5.93. The Balaban J connectivity index is 1.59. The van der Waals surface area contributed by atoms with Crippen molar-refractivity contribution in [1.29, 1.82) is 0 Å². The van der Waals surface area contributed by atoms with Gasteiger partial charge in [-0.25, -0.2) is 4.98 Å². The number of fused-ring (bicyclic) bond motifs is 3. The van der Waals surface area contributed by atoms with Crippen molar-refractivity contribution in [3.8, 4) is 5.75 Å². The molecule has 22 heavy (non-hydrogen) atoms. The first-order valence-electron chi connectivity index (χ1n) is 8.35. The molecule has 1 N–H and O–H groups in total. The quantitative estimate of drug-likeness (QED) is 0.810. The summed E-state index contributed by atoms with van der Waals surface area (Å²) in [6.07, 6.45) is 3.09. The van der Waals surface area contributed by atoms with E-state index < -0.39 is 0 Å². The van der Waals surface area contributed by atoms with Crippen LogP contribution in [0.1, 0.15) is 6.42 Å². The van der Waals surface area contributed by atoms with Gasteiger partial charge in [0.1, 0.15) is 0 Å².